The number of nitrogens with zero attached hydrogens (tertiary/aromatic N) is 3. The SMILES string of the molecule is COC(=O)COc1ccc(Cl)cc1[C@@H]1c2ccc(F)c(F)c2CCN1OC(=O)Oc1cnccn1. The molecular weight excluding hydrogens is 488 g/mol. The van der Waals surface area contributed by atoms with Crippen LogP contribution in [0.3, 0.4) is 0 Å². The molecule has 0 aliphatic carbocycles. The van der Waals surface area contributed by atoms with Gasteiger partial charge in [-0.25, -0.2) is 23.4 Å². The summed E-state index contributed by atoms with van der Waals surface area (Å²) in [6.45, 7) is -0.436. The van der Waals surface area contributed by atoms with Crippen molar-refractivity contribution in [2.45, 2.75) is 12.5 Å². The lowest BCUT2D eigenvalue weighted by atomic mass is 9.88. The lowest BCUT2D eigenvalue weighted by Gasteiger charge is -2.36. The Balaban J connectivity index is 1.73. The molecule has 3 aromatic rings. The largest absolute Gasteiger partial charge is 0.534 e. The van der Waals surface area contributed by atoms with Gasteiger partial charge < -0.3 is 19.0 Å². The number of carbonyl (C=O) groups excluding carboxylic acids is 2. The fraction of sp³-hybridized carbons (Fsp3) is 0.217. The Hall–Kier alpha value is -3.83. The average molecular weight is 506 g/mol. The molecule has 0 saturated heterocycles. The Morgan fingerprint density at radius 1 is 1.17 bits per heavy atom. The van der Waals surface area contributed by atoms with Gasteiger partial charge >= 0.3 is 12.1 Å². The van der Waals surface area contributed by atoms with Gasteiger partial charge in [-0.2, -0.15) is 0 Å². The van der Waals surface area contributed by atoms with Gasteiger partial charge in [0.25, 0.3) is 0 Å². The van der Waals surface area contributed by atoms with E-state index in [9.17, 15) is 18.4 Å². The summed E-state index contributed by atoms with van der Waals surface area (Å²) in [5, 5.41) is 1.52. The molecular formula is C23H18ClF2N3O6. The van der Waals surface area contributed by atoms with Gasteiger partial charge in [0, 0.05) is 29.5 Å². The molecule has 0 amide bonds. The lowest BCUT2D eigenvalue weighted by Crippen LogP contribution is -2.39. The number of hydroxylamine groups is 2. The normalized spacial score (nSPS) is 15.1. The lowest BCUT2D eigenvalue weighted by molar-refractivity contribution is -0.143. The van der Waals surface area contributed by atoms with Crippen LogP contribution in [-0.4, -0.2) is 47.4 Å². The molecule has 1 aliphatic heterocycles. The van der Waals surface area contributed by atoms with Gasteiger partial charge in [-0.1, -0.05) is 17.7 Å². The second kappa shape index (κ2) is 10.6. The third kappa shape index (κ3) is 5.47. The monoisotopic (exact) mass is 505 g/mol. The summed E-state index contributed by atoms with van der Waals surface area (Å²) in [6.07, 6.45) is 2.86. The van der Waals surface area contributed by atoms with E-state index in [-0.39, 0.29) is 30.2 Å². The molecule has 2 aromatic carbocycles. The summed E-state index contributed by atoms with van der Waals surface area (Å²) in [7, 11) is 1.21. The maximum absolute atomic E-state index is 14.7. The third-order valence-corrected chi connectivity index (χ3v) is 5.39. The molecule has 4 rings (SSSR count). The maximum Gasteiger partial charge on any atom is 0.534 e. The van der Waals surface area contributed by atoms with E-state index in [4.69, 9.17) is 25.9 Å². The van der Waals surface area contributed by atoms with E-state index in [1.54, 1.807) is 0 Å². The number of fused-ring (bicyclic) bond motifs is 1. The van der Waals surface area contributed by atoms with E-state index in [0.717, 1.165) is 6.07 Å². The van der Waals surface area contributed by atoms with Crippen molar-refractivity contribution in [2.24, 2.45) is 0 Å². The first-order chi connectivity index (χ1) is 16.9. The van der Waals surface area contributed by atoms with E-state index >= 15 is 0 Å². The molecule has 1 aromatic heterocycles. The number of halogens is 3. The van der Waals surface area contributed by atoms with Crippen molar-refractivity contribution < 1.29 is 37.4 Å². The van der Waals surface area contributed by atoms with Crippen LogP contribution in [0.15, 0.2) is 48.9 Å². The second-order valence-electron chi connectivity index (χ2n) is 7.26. The summed E-state index contributed by atoms with van der Waals surface area (Å²) < 4.78 is 43.9. The Kier molecular flexibility index (Phi) is 7.37. The minimum absolute atomic E-state index is 0.0173. The molecule has 0 N–H and O–H groups in total. The van der Waals surface area contributed by atoms with Gasteiger partial charge in [0.1, 0.15) is 11.8 Å². The number of rotatable bonds is 6. The summed E-state index contributed by atoms with van der Waals surface area (Å²) in [5.41, 5.74) is 0.754. The fourth-order valence-electron chi connectivity index (χ4n) is 3.64. The molecule has 182 valence electrons. The van der Waals surface area contributed by atoms with Gasteiger partial charge in [-0.3, -0.25) is 4.98 Å². The average Bonchev–Trinajstić information content (AvgIpc) is 2.85. The Bertz CT molecular complexity index is 1250. The van der Waals surface area contributed by atoms with Crippen LogP contribution in [0.4, 0.5) is 13.6 Å². The van der Waals surface area contributed by atoms with Crippen LogP contribution in [0.2, 0.25) is 5.02 Å². The number of hydrogen-bond acceptors (Lipinski definition) is 9. The number of hydrogen-bond donors (Lipinski definition) is 0. The summed E-state index contributed by atoms with van der Waals surface area (Å²) in [4.78, 5) is 37.2. The highest BCUT2D eigenvalue weighted by molar-refractivity contribution is 6.30. The van der Waals surface area contributed by atoms with Crippen molar-refractivity contribution in [1.82, 2.24) is 15.0 Å². The second-order valence-corrected chi connectivity index (χ2v) is 7.69. The predicted octanol–water partition coefficient (Wildman–Crippen LogP) is 4.04. The smallest absolute Gasteiger partial charge is 0.482 e. The Labute approximate surface area is 203 Å². The first-order valence-corrected chi connectivity index (χ1v) is 10.6. The fourth-order valence-corrected chi connectivity index (χ4v) is 3.82. The van der Waals surface area contributed by atoms with Crippen LogP contribution >= 0.6 is 11.6 Å². The quantitative estimate of drug-likeness (QED) is 0.459. The first kappa shape index (κ1) is 24.3. The molecule has 0 spiro atoms. The number of aromatic nitrogens is 2. The Morgan fingerprint density at radius 3 is 2.74 bits per heavy atom. The van der Waals surface area contributed by atoms with E-state index in [1.807, 2.05) is 0 Å². The highest BCUT2D eigenvalue weighted by Gasteiger charge is 2.36. The van der Waals surface area contributed by atoms with E-state index in [0.29, 0.717) is 16.1 Å². The van der Waals surface area contributed by atoms with Gasteiger partial charge in [0.05, 0.1) is 13.3 Å². The summed E-state index contributed by atoms with van der Waals surface area (Å²) in [6, 6.07) is 5.93. The summed E-state index contributed by atoms with van der Waals surface area (Å²) in [5.74, 6) is -2.55. The van der Waals surface area contributed by atoms with Gasteiger partial charge in [0.15, 0.2) is 18.2 Å². The van der Waals surface area contributed by atoms with Crippen molar-refractivity contribution in [3.8, 4) is 11.6 Å². The number of ether oxygens (including phenoxy) is 3. The maximum atomic E-state index is 14.7. The van der Waals surface area contributed by atoms with Crippen molar-refractivity contribution in [2.75, 3.05) is 20.3 Å². The van der Waals surface area contributed by atoms with Crippen molar-refractivity contribution in [3.63, 3.8) is 0 Å². The Morgan fingerprint density at radius 2 is 2.00 bits per heavy atom. The van der Waals surface area contributed by atoms with Gasteiger partial charge in [-0.05, 0) is 41.8 Å². The molecule has 0 radical (unpaired) electrons. The minimum Gasteiger partial charge on any atom is -0.482 e. The third-order valence-electron chi connectivity index (χ3n) is 5.16. The number of esters is 1. The molecule has 1 aliphatic rings. The molecule has 0 unspecified atom stereocenters. The van der Waals surface area contributed by atoms with Crippen LogP contribution in [0.1, 0.15) is 22.7 Å². The van der Waals surface area contributed by atoms with Crippen LogP contribution in [-0.2, 0) is 20.8 Å². The predicted molar refractivity (Wildman–Crippen MR) is 117 cm³/mol. The number of methoxy groups -OCH3 is 1. The summed E-state index contributed by atoms with van der Waals surface area (Å²) >= 11 is 6.22. The van der Waals surface area contributed by atoms with Crippen LogP contribution < -0.4 is 9.47 Å². The molecule has 35 heavy (non-hydrogen) atoms. The molecule has 1 atom stereocenters. The molecule has 0 bridgehead atoms. The molecule has 9 nitrogen and oxygen atoms in total. The standard InChI is InChI=1S/C23H18ClF2N3O6/c1-32-20(30)12-33-18-5-2-13(24)10-16(18)22-15-3-4-17(25)21(26)14(15)6-9-29(22)35-23(31)34-19-11-27-7-8-28-19/h2-5,7-8,10-11,22H,6,9,12H2,1H3/t22-/m0/s1. The van der Waals surface area contributed by atoms with Crippen molar-refractivity contribution >= 4 is 23.7 Å². The minimum atomic E-state index is -1.12. The van der Waals surface area contributed by atoms with Gasteiger partial charge in [-0.15, -0.1) is 5.06 Å². The first-order valence-electron chi connectivity index (χ1n) is 10.3. The van der Waals surface area contributed by atoms with Crippen molar-refractivity contribution in [3.05, 3.63) is 82.3 Å². The highest BCUT2D eigenvalue weighted by atomic mass is 35.5. The van der Waals surface area contributed by atoms with E-state index < -0.39 is 36.4 Å². The number of benzene rings is 2. The van der Waals surface area contributed by atoms with Crippen molar-refractivity contribution in [1.29, 1.82) is 0 Å². The zero-order valence-corrected chi connectivity index (χ0v) is 19.0. The van der Waals surface area contributed by atoms with E-state index in [2.05, 4.69) is 14.7 Å². The molecule has 2 heterocycles. The zero-order chi connectivity index (χ0) is 24.9. The van der Waals surface area contributed by atoms with Crippen LogP contribution in [0.5, 0.6) is 11.6 Å². The van der Waals surface area contributed by atoms with Gasteiger partial charge in [0.2, 0.25) is 5.88 Å². The number of carbonyl (C=O) groups is 2. The zero-order valence-electron chi connectivity index (χ0n) is 18.2. The molecule has 0 fully saturated rings. The molecule has 12 heteroatoms. The molecule has 0 saturated carbocycles. The van der Waals surface area contributed by atoms with Crippen LogP contribution in [0, 0.1) is 11.6 Å². The topological polar surface area (TPSA) is 100 Å². The van der Waals surface area contributed by atoms with Crippen LogP contribution in [0.25, 0.3) is 0 Å². The highest BCUT2D eigenvalue weighted by Crippen LogP contribution is 2.41. The van der Waals surface area contributed by atoms with E-state index in [1.165, 1.54) is 55.0 Å².